The summed E-state index contributed by atoms with van der Waals surface area (Å²) in [5.41, 5.74) is 0.675. The largest absolute Gasteiger partial charge is 0.324 e. The van der Waals surface area contributed by atoms with E-state index in [2.05, 4.69) is 0 Å². The first-order chi connectivity index (χ1) is 9.58. The second kappa shape index (κ2) is 4.81. The van der Waals surface area contributed by atoms with Gasteiger partial charge in [-0.2, -0.15) is 0 Å². The molecular weight excluding hydrogens is 261 g/mol. The summed E-state index contributed by atoms with van der Waals surface area (Å²) in [5, 5.41) is 0. The Morgan fingerprint density at radius 1 is 1.20 bits per heavy atom. The zero-order chi connectivity index (χ0) is 14.3. The zero-order valence-corrected chi connectivity index (χ0v) is 10.9. The van der Waals surface area contributed by atoms with Crippen molar-refractivity contribution in [3.8, 4) is 0 Å². The Bertz CT molecular complexity index is 611. The number of benzene rings is 1. The lowest BCUT2D eigenvalue weighted by molar-refractivity contribution is -0.128. The van der Waals surface area contributed by atoms with Crippen molar-refractivity contribution in [3.63, 3.8) is 0 Å². The quantitative estimate of drug-likeness (QED) is 0.580. The highest BCUT2D eigenvalue weighted by atomic mass is 19.1. The van der Waals surface area contributed by atoms with E-state index in [-0.39, 0.29) is 30.4 Å². The Morgan fingerprint density at radius 3 is 2.75 bits per heavy atom. The number of ketones is 2. The summed E-state index contributed by atoms with van der Waals surface area (Å²) in [7, 11) is 0. The number of carbonyl (C=O) groups is 3. The van der Waals surface area contributed by atoms with Crippen LogP contribution in [0.4, 0.5) is 4.39 Å². The molecule has 0 saturated heterocycles. The standard InChI is InChI=1S/C15H14FNO3/c16-12-5-2-4-10-11(12)8-17(15(10)20)13-6-1-3-9(18)7-14(13)19/h2,4-5,13H,1,3,6-8H2/t13-/m0/s1. The van der Waals surface area contributed by atoms with Crippen molar-refractivity contribution in [2.24, 2.45) is 0 Å². The van der Waals surface area contributed by atoms with Crippen molar-refractivity contribution in [1.29, 1.82) is 0 Å². The van der Waals surface area contributed by atoms with Crippen LogP contribution in [0.25, 0.3) is 0 Å². The predicted octanol–water partition coefficient (Wildman–Crippen LogP) is 1.86. The number of nitrogens with zero attached hydrogens (tertiary/aromatic N) is 1. The number of rotatable bonds is 1. The van der Waals surface area contributed by atoms with Gasteiger partial charge in [-0.25, -0.2) is 4.39 Å². The van der Waals surface area contributed by atoms with E-state index in [4.69, 9.17) is 0 Å². The van der Waals surface area contributed by atoms with Gasteiger partial charge in [0.2, 0.25) is 0 Å². The number of hydrogen-bond donors (Lipinski definition) is 0. The van der Waals surface area contributed by atoms with E-state index in [1.54, 1.807) is 6.07 Å². The van der Waals surface area contributed by atoms with E-state index in [0.717, 1.165) is 0 Å². The van der Waals surface area contributed by atoms with E-state index < -0.39 is 11.9 Å². The predicted molar refractivity (Wildman–Crippen MR) is 68.5 cm³/mol. The minimum atomic E-state index is -0.597. The maximum absolute atomic E-state index is 13.7. The summed E-state index contributed by atoms with van der Waals surface area (Å²) in [4.78, 5) is 37.2. The van der Waals surface area contributed by atoms with E-state index in [9.17, 15) is 18.8 Å². The summed E-state index contributed by atoms with van der Waals surface area (Å²) in [6.07, 6.45) is 1.34. The summed E-state index contributed by atoms with van der Waals surface area (Å²) in [5.74, 6) is -1.04. The molecule has 0 radical (unpaired) electrons. The van der Waals surface area contributed by atoms with Crippen LogP contribution in [0.1, 0.15) is 41.6 Å². The van der Waals surface area contributed by atoms with Crippen molar-refractivity contribution >= 4 is 17.5 Å². The molecule has 20 heavy (non-hydrogen) atoms. The Balaban J connectivity index is 1.90. The van der Waals surface area contributed by atoms with Crippen molar-refractivity contribution in [1.82, 2.24) is 4.90 Å². The van der Waals surface area contributed by atoms with E-state index in [1.165, 1.54) is 17.0 Å². The van der Waals surface area contributed by atoms with Gasteiger partial charge in [-0.3, -0.25) is 14.4 Å². The summed E-state index contributed by atoms with van der Waals surface area (Å²) < 4.78 is 13.7. The zero-order valence-electron chi connectivity index (χ0n) is 10.9. The number of halogens is 1. The van der Waals surface area contributed by atoms with Crippen LogP contribution in [-0.2, 0) is 16.1 Å². The van der Waals surface area contributed by atoms with Crippen LogP contribution in [-0.4, -0.2) is 28.4 Å². The molecule has 1 saturated carbocycles. The summed E-state index contributed by atoms with van der Waals surface area (Å²) >= 11 is 0. The van der Waals surface area contributed by atoms with Crippen LogP contribution in [0.5, 0.6) is 0 Å². The number of fused-ring (bicyclic) bond motifs is 1. The number of Topliss-reactive ketones (excluding diaryl/α,β-unsaturated/α-hetero) is 2. The van der Waals surface area contributed by atoms with E-state index in [1.807, 2.05) is 0 Å². The average Bonchev–Trinajstić information content (AvgIpc) is 2.64. The molecule has 3 rings (SSSR count). The first-order valence-electron chi connectivity index (χ1n) is 6.70. The third-order valence-electron chi connectivity index (χ3n) is 3.99. The average molecular weight is 275 g/mol. The highest BCUT2D eigenvalue weighted by molar-refractivity contribution is 6.06. The van der Waals surface area contributed by atoms with Crippen molar-refractivity contribution in [3.05, 3.63) is 35.1 Å². The molecule has 0 aromatic heterocycles. The maximum Gasteiger partial charge on any atom is 0.255 e. The molecule has 2 aliphatic rings. The normalized spacial score (nSPS) is 22.9. The van der Waals surface area contributed by atoms with Gasteiger partial charge in [-0.05, 0) is 25.0 Å². The first kappa shape index (κ1) is 13.0. The Hall–Kier alpha value is -2.04. The molecule has 1 heterocycles. The number of hydrogen-bond acceptors (Lipinski definition) is 3. The fourth-order valence-corrected chi connectivity index (χ4v) is 2.95. The molecule has 1 fully saturated rings. The molecule has 1 aliphatic carbocycles. The van der Waals surface area contributed by atoms with E-state index in [0.29, 0.717) is 30.4 Å². The van der Waals surface area contributed by atoms with Gasteiger partial charge in [0.1, 0.15) is 11.6 Å². The topological polar surface area (TPSA) is 54.5 Å². The Labute approximate surface area is 115 Å². The molecule has 0 spiro atoms. The maximum atomic E-state index is 13.7. The smallest absolute Gasteiger partial charge is 0.255 e. The molecule has 0 N–H and O–H groups in total. The van der Waals surface area contributed by atoms with Crippen LogP contribution >= 0.6 is 0 Å². The fourth-order valence-electron chi connectivity index (χ4n) is 2.95. The molecule has 0 unspecified atom stereocenters. The van der Waals surface area contributed by atoms with Gasteiger partial charge in [-0.1, -0.05) is 6.07 Å². The number of carbonyl (C=O) groups excluding carboxylic acids is 3. The van der Waals surface area contributed by atoms with E-state index >= 15 is 0 Å². The third kappa shape index (κ3) is 2.03. The monoisotopic (exact) mass is 275 g/mol. The lowest BCUT2D eigenvalue weighted by Crippen LogP contribution is -2.41. The molecule has 104 valence electrons. The third-order valence-corrected chi connectivity index (χ3v) is 3.99. The van der Waals surface area contributed by atoms with Gasteiger partial charge in [0.15, 0.2) is 5.78 Å². The molecule has 1 atom stereocenters. The van der Waals surface area contributed by atoms with Gasteiger partial charge >= 0.3 is 0 Å². The molecule has 1 aromatic carbocycles. The van der Waals surface area contributed by atoms with Gasteiger partial charge in [0.25, 0.3) is 5.91 Å². The molecule has 1 amide bonds. The molecule has 5 heteroatoms. The van der Waals surface area contributed by atoms with Gasteiger partial charge in [0, 0.05) is 17.5 Å². The lowest BCUT2D eigenvalue weighted by Gasteiger charge is -2.25. The second-order valence-corrected chi connectivity index (χ2v) is 5.29. The first-order valence-corrected chi connectivity index (χ1v) is 6.70. The lowest BCUT2D eigenvalue weighted by atomic mass is 10.1. The van der Waals surface area contributed by atoms with Crippen LogP contribution in [0, 0.1) is 5.82 Å². The van der Waals surface area contributed by atoms with Crippen LogP contribution in [0.2, 0.25) is 0 Å². The fraction of sp³-hybridized carbons (Fsp3) is 0.400. The number of amides is 1. The molecule has 4 nitrogen and oxygen atoms in total. The molecule has 0 bridgehead atoms. The second-order valence-electron chi connectivity index (χ2n) is 5.29. The minimum Gasteiger partial charge on any atom is -0.324 e. The van der Waals surface area contributed by atoms with Gasteiger partial charge in [0.05, 0.1) is 19.0 Å². The van der Waals surface area contributed by atoms with Gasteiger partial charge in [-0.15, -0.1) is 0 Å². The van der Waals surface area contributed by atoms with Crippen LogP contribution < -0.4 is 0 Å². The van der Waals surface area contributed by atoms with Crippen LogP contribution in [0.3, 0.4) is 0 Å². The Morgan fingerprint density at radius 2 is 2.00 bits per heavy atom. The SMILES string of the molecule is O=C1CCC[C@H](N2Cc3c(F)cccc3C2=O)C(=O)C1. The Kier molecular flexibility index (Phi) is 3.12. The van der Waals surface area contributed by atoms with Crippen molar-refractivity contribution in [2.75, 3.05) is 0 Å². The molecule has 1 aliphatic heterocycles. The van der Waals surface area contributed by atoms with Crippen LogP contribution in [0.15, 0.2) is 18.2 Å². The van der Waals surface area contributed by atoms with Crippen molar-refractivity contribution < 1.29 is 18.8 Å². The summed E-state index contributed by atoms with van der Waals surface area (Å²) in [6.45, 7) is 0.117. The summed E-state index contributed by atoms with van der Waals surface area (Å²) in [6, 6.07) is 3.79. The molecule has 1 aromatic rings. The highest BCUT2D eigenvalue weighted by Gasteiger charge is 2.38. The van der Waals surface area contributed by atoms with Crippen molar-refractivity contribution in [2.45, 2.75) is 38.3 Å². The van der Waals surface area contributed by atoms with Gasteiger partial charge < -0.3 is 4.90 Å². The minimum absolute atomic E-state index is 0.0761. The molecular formula is C15H14FNO3. The highest BCUT2D eigenvalue weighted by Crippen LogP contribution is 2.29.